The summed E-state index contributed by atoms with van der Waals surface area (Å²) in [5.74, 6) is -0.408. The van der Waals surface area contributed by atoms with Gasteiger partial charge in [0.05, 0.1) is 6.61 Å². The van der Waals surface area contributed by atoms with E-state index in [1.54, 1.807) is 0 Å². The second-order valence-electron chi connectivity index (χ2n) is 2.38. The number of carbonyl (C=O) groups is 1. The zero-order chi connectivity index (χ0) is 9.23. The first-order valence-electron chi connectivity index (χ1n) is 4.07. The summed E-state index contributed by atoms with van der Waals surface area (Å²) in [5, 5.41) is 2.11. The second-order valence-corrected chi connectivity index (χ2v) is 2.38. The summed E-state index contributed by atoms with van der Waals surface area (Å²) in [6.07, 6.45) is 4.43. The normalized spacial score (nSPS) is 9.08. The molecule has 0 aromatic carbocycles. The first-order valence-corrected chi connectivity index (χ1v) is 4.07. The highest BCUT2D eigenvalue weighted by molar-refractivity contribution is 5.74. The Hall–Kier alpha value is -1.06. The predicted molar refractivity (Wildman–Crippen MR) is 44.2 cm³/mol. The van der Waals surface area contributed by atoms with Gasteiger partial charge in [0.15, 0.2) is 0 Å². The van der Waals surface area contributed by atoms with Crippen LogP contribution >= 0.6 is 0 Å². The van der Waals surface area contributed by atoms with Crippen LogP contribution in [0.15, 0.2) is 0 Å². The van der Waals surface area contributed by atoms with Gasteiger partial charge in [-0.15, -0.1) is 0 Å². The van der Waals surface area contributed by atoms with E-state index in [1.165, 1.54) is 6.41 Å². The lowest BCUT2D eigenvalue weighted by atomic mass is 10.3. The van der Waals surface area contributed by atoms with Gasteiger partial charge in [-0.3, -0.25) is 9.59 Å². The van der Waals surface area contributed by atoms with Crippen LogP contribution in [0.1, 0.15) is 26.2 Å². The maximum absolute atomic E-state index is 10.7. The Labute approximate surface area is 72.3 Å². The topological polar surface area (TPSA) is 55.4 Å². The maximum Gasteiger partial charge on any atom is 0.325 e. The third kappa shape index (κ3) is 7.05. The Balaban J connectivity index is 3.13. The molecule has 1 N–H and O–H groups in total. The highest BCUT2D eigenvalue weighted by Gasteiger charge is 1.99. The molecule has 0 bridgehead atoms. The lowest BCUT2D eigenvalue weighted by Crippen LogP contribution is -2.23. The molecule has 0 unspecified atom stereocenters. The zero-order valence-electron chi connectivity index (χ0n) is 7.26. The molecule has 1 radical (unpaired) electrons. The molecule has 0 aliphatic heterocycles. The molecule has 0 rings (SSSR count). The van der Waals surface area contributed by atoms with Gasteiger partial charge >= 0.3 is 12.4 Å². The van der Waals surface area contributed by atoms with E-state index in [9.17, 15) is 9.59 Å². The highest BCUT2D eigenvalue weighted by atomic mass is 16.5. The van der Waals surface area contributed by atoms with Crippen LogP contribution in [0.25, 0.3) is 0 Å². The van der Waals surface area contributed by atoms with Crippen LogP contribution in [0, 0.1) is 0 Å². The van der Waals surface area contributed by atoms with Crippen LogP contribution in [0.4, 0.5) is 0 Å². The van der Waals surface area contributed by atoms with Gasteiger partial charge in [0.1, 0.15) is 6.54 Å². The van der Waals surface area contributed by atoms with Crippen molar-refractivity contribution in [3.8, 4) is 0 Å². The number of carbonyl (C=O) groups excluding carboxylic acids is 2. The van der Waals surface area contributed by atoms with Gasteiger partial charge in [-0.1, -0.05) is 19.8 Å². The Morgan fingerprint density at radius 3 is 2.83 bits per heavy atom. The van der Waals surface area contributed by atoms with Crippen molar-refractivity contribution < 1.29 is 14.3 Å². The number of hydrogen-bond acceptors (Lipinski definition) is 3. The lowest BCUT2D eigenvalue weighted by molar-refractivity contribution is -0.142. The van der Waals surface area contributed by atoms with Gasteiger partial charge in [0.25, 0.3) is 0 Å². The van der Waals surface area contributed by atoms with Gasteiger partial charge in [-0.05, 0) is 6.42 Å². The Morgan fingerprint density at radius 2 is 2.25 bits per heavy atom. The summed E-state index contributed by atoms with van der Waals surface area (Å²) in [6, 6.07) is 0. The van der Waals surface area contributed by atoms with Crippen LogP contribution in [0.2, 0.25) is 0 Å². The average molecular weight is 172 g/mol. The average Bonchev–Trinajstić information content (AvgIpc) is 2.09. The Bertz CT molecular complexity index is 136. The number of unbranched alkanes of at least 4 members (excludes halogenated alkanes) is 2. The second kappa shape index (κ2) is 8.04. The number of hydrogen-bond donors (Lipinski definition) is 1. The Kier molecular flexibility index (Phi) is 7.33. The fraction of sp³-hybridized carbons (Fsp3) is 0.750. The van der Waals surface area contributed by atoms with E-state index in [1.807, 2.05) is 0 Å². The van der Waals surface area contributed by atoms with Crippen LogP contribution in [-0.2, 0) is 14.3 Å². The SMILES string of the molecule is CCCCCOC(=O)CN[C]=O. The molecule has 0 saturated heterocycles. The van der Waals surface area contributed by atoms with Crippen molar-refractivity contribution >= 4 is 12.4 Å². The van der Waals surface area contributed by atoms with Crippen molar-refractivity contribution in [1.82, 2.24) is 5.32 Å². The highest BCUT2D eigenvalue weighted by Crippen LogP contribution is 1.93. The monoisotopic (exact) mass is 172 g/mol. The summed E-state index contributed by atoms with van der Waals surface area (Å²) >= 11 is 0. The molecule has 0 aliphatic carbocycles. The van der Waals surface area contributed by atoms with Gasteiger partial charge in [0.2, 0.25) is 0 Å². The molecule has 0 aromatic heterocycles. The molecule has 12 heavy (non-hydrogen) atoms. The molecule has 0 fully saturated rings. The van der Waals surface area contributed by atoms with E-state index in [4.69, 9.17) is 4.74 Å². The third-order valence-electron chi connectivity index (χ3n) is 1.32. The van der Waals surface area contributed by atoms with Crippen molar-refractivity contribution in [3.05, 3.63) is 0 Å². The van der Waals surface area contributed by atoms with Gasteiger partial charge in [0, 0.05) is 0 Å². The number of rotatable bonds is 7. The molecule has 1 amide bonds. The number of nitrogens with one attached hydrogen (secondary N) is 1. The summed E-state index contributed by atoms with van der Waals surface area (Å²) in [7, 11) is 0. The van der Waals surface area contributed by atoms with E-state index in [0.717, 1.165) is 19.3 Å². The van der Waals surface area contributed by atoms with E-state index < -0.39 is 5.97 Å². The fourth-order valence-electron chi connectivity index (χ4n) is 0.697. The molecule has 0 atom stereocenters. The molecule has 4 heteroatoms. The minimum absolute atomic E-state index is 0.0877. The minimum atomic E-state index is -0.408. The van der Waals surface area contributed by atoms with Crippen molar-refractivity contribution in [3.63, 3.8) is 0 Å². The summed E-state index contributed by atoms with van der Waals surface area (Å²) in [5.41, 5.74) is 0. The lowest BCUT2D eigenvalue weighted by Gasteiger charge is -2.02. The fourth-order valence-corrected chi connectivity index (χ4v) is 0.697. The van der Waals surface area contributed by atoms with Crippen molar-refractivity contribution in [1.29, 1.82) is 0 Å². The van der Waals surface area contributed by atoms with Crippen molar-refractivity contribution in [2.24, 2.45) is 0 Å². The molecule has 0 spiro atoms. The largest absolute Gasteiger partial charge is 0.464 e. The molecular weight excluding hydrogens is 158 g/mol. The molecule has 0 aromatic rings. The Morgan fingerprint density at radius 1 is 1.50 bits per heavy atom. The van der Waals surface area contributed by atoms with E-state index >= 15 is 0 Å². The van der Waals surface area contributed by atoms with Crippen LogP contribution in [-0.4, -0.2) is 25.5 Å². The molecule has 0 heterocycles. The maximum atomic E-state index is 10.7. The van der Waals surface area contributed by atoms with Crippen LogP contribution in [0.3, 0.4) is 0 Å². The van der Waals surface area contributed by atoms with Gasteiger partial charge in [-0.2, -0.15) is 0 Å². The van der Waals surface area contributed by atoms with E-state index in [-0.39, 0.29) is 6.54 Å². The van der Waals surface area contributed by atoms with E-state index in [2.05, 4.69) is 12.2 Å². The van der Waals surface area contributed by atoms with Crippen molar-refractivity contribution in [2.45, 2.75) is 26.2 Å². The van der Waals surface area contributed by atoms with Crippen LogP contribution in [0.5, 0.6) is 0 Å². The first-order chi connectivity index (χ1) is 5.81. The molecular formula is C8H14NO3. The number of ether oxygens (including phenoxy) is 1. The first kappa shape index (κ1) is 10.9. The number of amides is 1. The van der Waals surface area contributed by atoms with Crippen molar-refractivity contribution in [2.75, 3.05) is 13.2 Å². The standard InChI is InChI=1S/C8H14NO3/c1-2-3-4-5-12-8(11)6-9-7-10/h2-6H2,1H3,(H,9,10). The third-order valence-corrected chi connectivity index (χ3v) is 1.32. The molecule has 4 nitrogen and oxygen atoms in total. The molecule has 0 saturated carbocycles. The summed E-state index contributed by atoms with van der Waals surface area (Å²) < 4.78 is 4.77. The zero-order valence-corrected chi connectivity index (χ0v) is 7.26. The number of esters is 1. The quantitative estimate of drug-likeness (QED) is 0.343. The minimum Gasteiger partial charge on any atom is -0.464 e. The van der Waals surface area contributed by atoms with E-state index in [0.29, 0.717) is 6.61 Å². The van der Waals surface area contributed by atoms with Gasteiger partial charge in [-0.25, -0.2) is 0 Å². The van der Waals surface area contributed by atoms with Gasteiger partial charge < -0.3 is 10.1 Å². The molecule has 0 aliphatic rings. The molecule has 69 valence electrons. The smallest absolute Gasteiger partial charge is 0.325 e. The predicted octanol–water partition coefficient (Wildman–Crippen LogP) is 0.377. The summed E-state index contributed by atoms with van der Waals surface area (Å²) in [6.45, 7) is 2.42. The summed E-state index contributed by atoms with van der Waals surface area (Å²) in [4.78, 5) is 20.3. The van der Waals surface area contributed by atoms with Crippen LogP contribution < -0.4 is 5.32 Å².